The van der Waals surface area contributed by atoms with Gasteiger partial charge < -0.3 is 9.64 Å². The van der Waals surface area contributed by atoms with E-state index >= 15 is 0 Å². The van der Waals surface area contributed by atoms with Crippen LogP contribution in [0.5, 0.6) is 0 Å². The Morgan fingerprint density at radius 1 is 1.06 bits per heavy atom. The molecule has 1 atom stereocenters. The molecule has 0 amide bonds. The number of rotatable bonds is 5. The van der Waals surface area contributed by atoms with E-state index in [-0.39, 0.29) is 41.2 Å². The van der Waals surface area contributed by atoms with Gasteiger partial charge in [-0.25, -0.2) is 16.8 Å². The molecule has 31 heavy (non-hydrogen) atoms. The maximum atomic E-state index is 12.9. The zero-order valence-electron chi connectivity index (χ0n) is 17.1. The normalized spacial score (nSPS) is 25.5. The SMILES string of the molecule is O=[N+]([O-])c1cc(S(=O)(=O)N2CCOCC2)ccc1N1CCN(C2CCS(=O)(=O)C2)CC1. The molecule has 0 aliphatic carbocycles. The molecule has 0 N–H and O–H groups in total. The number of piperazine rings is 1. The van der Waals surface area contributed by atoms with Crippen LogP contribution < -0.4 is 4.90 Å². The molecule has 3 heterocycles. The number of sulfonamides is 1. The first kappa shape index (κ1) is 22.4. The Labute approximate surface area is 181 Å². The summed E-state index contributed by atoms with van der Waals surface area (Å²) in [7, 11) is -6.80. The van der Waals surface area contributed by atoms with E-state index in [1.165, 1.54) is 16.4 Å². The summed E-state index contributed by atoms with van der Waals surface area (Å²) in [4.78, 5) is 15.1. The molecule has 0 spiro atoms. The molecule has 0 aromatic heterocycles. The number of nitro groups is 1. The summed E-state index contributed by atoms with van der Waals surface area (Å²) in [5.74, 6) is 0.379. The van der Waals surface area contributed by atoms with E-state index in [1.54, 1.807) is 0 Å². The lowest BCUT2D eigenvalue weighted by Crippen LogP contribution is -2.50. The Balaban J connectivity index is 1.51. The van der Waals surface area contributed by atoms with Gasteiger partial charge >= 0.3 is 0 Å². The lowest BCUT2D eigenvalue weighted by atomic mass is 10.1. The van der Waals surface area contributed by atoms with Crippen molar-refractivity contribution >= 4 is 31.2 Å². The van der Waals surface area contributed by atoms with Crippen LogP contribution in [0.15, 0.2) is 23.1 Å². The number of anilines is 1. The first-order valence-corrected chi connectivity index (χ1v) is 13.5. The third-order valence-corrected chi connectivity index (χ3v) is 9.78. The van der Waals surface area contributed by atoms with Crippen molar-refractivity contribution in [3.05, 3.63) is 28.3 Å². The van der Waals surface area contributed by atoms with Gasteiger partial charge in [-0.15, -0.1) is 0 Å². The van der Waals surface area contributed by atoms with Crippen LogP contribution in [-0.2, 0) is 24.6 Å². The molecule has 3 saturated heterocycles. The number of morpholine rings is 1. The molecule has 172 valence electrons. The number of benzene rings is 1. The molecule has 13 heteroatoms. The van der Waals surface area contributed by atoms with Gasteiger partial charge in [0.15, 0.2) is 9.84 Å². The number of ether oxygens (including phenoxy) is 1. The van der Waals surface area contributed by atoms with Gasteiger partial charge in [-0.05, 0) is 18.6 Å². The Morgan fingerprint density at radius 3 is 2.32 bits per heavy atom. The second kappa shape index (κ2) is 8.62. The van der Waals surface area contributed by atoms with E-state index in [1.807, 2.05) is 4.90 Å². The molecular weight excluding hydrogens is 448 g/mol. The molecular formula is C18H26N4O7S2. The monoisotopic (exact) mass is 474 g/mol. The van der Waals surface area contributed by atoms with Crippen LogP contribution in [0.1, 0.15) is 6.42 Å². The molecule has 0 saturated carbocycles. The van der Waals surface area contributed by atoms with Gasteiger partial charge in [0.25, 0.3) is 5.69 Å². The fraction of sp³-hybridized carbons (Fsp3) is 0.667. The number of hydrogen-bond donors (Lipinski definition) is 0. The summed E-state index contributed by atoms with van der Waals surface area (Å²) in [6.45, 7) is 3.25. The van der Waals surface area contributed by atoms with Crippen molar-refractivity contribution < 1.29 is 26.5 Å². The average Bonchev–Trinajstić information content (AvgIpc) is 3.13. The van der Waals surface area contributed by atoms with E-state index in [9.17, 15) is 26.9 Å². The summed E-state index contributed by atoms with van der Waals surface area (Å²) in [6, 6.07) is 4.06. The van der Waals surface area contributed by atoms with E-state index in [4.69, 9.17) is 4.74 Å². The molecule has 1 aromatic carbocycles. The van der Waals surface area contributed by atoms with Crippen molar-refractivity contribution in [2.24, 2.45) is 0 Å². The number of sulfone groups is 1. The van der Waals surface area contributed by atoms with E-state index < -0.39 is 24.8 Å². The quantitative estimate of drug-likeness (QED) is 0.425. The van der Waals surface area contributed by atoms with Gasteiger partial charge in [0.2, 0.25) is 10.0 Å². The summed E-state index contributed by atoms with van der Waals surface area (Å²) in [5.41, 5.74) is 0.135. The van der Waals surface area contributed by atoms with Gasteiger partial charge in [-0.3, -0.25) is 15.0 Å². The minimum Gasteiger partial charge on any atom is -0.379 e. The Kier molecular flexibility index (Phi) is 6.23. The van der Waals surface area contributed by atoms with Crippen LogP contribution in [0.3, 0.4) is 0 Å². The molecule has 3 fully saturated rings. The summed E-state index contributed by atoms with van der Waals surface area (Å²) in [6.07, 6.45) is 0.622. The van der Waals surface area contributed by atoms with Crippen molar-refractivity contribution in [1.82, 2.24) is 9.21 Å². The van der Waals surface area contributed by atoms with Crippen LogP contribution in [0.25, 0.3) is 0 Å². The second-order valence-electron chi connectivity index (χ2n) is 8.00. The van der Waals surface area contributed by atoms with E-state index in [2.05, 4.69) is 4.90 Å². The van der Waals surface area contributed by atoms with Crippen molar-refractivity contribution in [2.75, 3.05) is 68.9 Å². The van der Waals surface area contributed by atoms with Gasteiger partial charge in [0.05, 0.1) is 34.5 Å². The minimum absolute atomic E-state index is 0.00294. The number of nitrogens with zero attached hydrogens (tertiary/aromatic N) is 4. The molecule has 0 radical (unpaired) electrons. The topological polar surface area (TPSA) is 130 Å². The lowest BCUT2D eigenvalue weighted by Gasteiger charge is -2.38. The number of hydrogen-bond acceptors (Lipinski definition) is 9. The Morgan fingerprint density at radius 2 is 1.74 bits per heavy atom. The maximum Gasteiger partial charge on any atom is 0.293 e. The predicted molar refractivity (Wildman–Crippen MR) is 114 cm³/mol. The van der Waals surface area contributed by atoms with Crippen molar-refractivity contribution in [2.45, 2.75) is 17.4 Å². The van der Waals surface area contributed by atoms with Gasteiger partial charge in [0.1, 0.15) is 5.69 Å². The zero-order valence-corrected chi connectivity index (χ0v) is 18.7. The predicted octanol–water partition coefficient (Wildman–Crippen LogP) is -0.0752. The van der Waals surface area contributed by atoms with Crippen LogP contribution >= 0.6 is 0 Å². The lowest BCUT2D eigenvalue weighted by molar-refractivity contribution is -0.384. The van der Waals surface area contributed by atoms with Crippen molar-refractivity contribution in [3.63, 3.8) is 0 Å². The fourth-order valence-corrected chi connectivity index (χ4v) is 7.59. The maximum absolute atomic E-state index is 12.9. The Hall–Kier alpha value is -1.80. The molecule has 0 bridgehead atoms. The van der Waals surface area contributed by atoms with Crippen molar-refractivity contribution in [3.8, 4) is 0 Å². The highest BCUT2D eigenvalue weighted by Gasteiger charge is 2.35. The summed E-state index contributed by atoms with van der Waals surface area (Å²) >= 11 is 0. The zero-order chi connectivity index (χ0) is 22.2. The summed E-state index contributed by atoms with van der Waals surface area (Å²) < 4.78 is 55.7. The Bertz CT molecular complexity index is 1050. The highest BCUT2D eigenvalue weighted by Crippen LogP contribution is 2.33. The van der Waals surface area contributed by atoms with Crippen molar-refractivity contribution in [1.29, 1.82) is 0 Å². The van der Waals surface area contributed by atoms with E-state index in [0.717, 1.165) is 6.07 Å². The molecule has 4 rings (SSSR count). The van der Waals surface area contributed by atoms with E-state index in [0.29, 0.717) is 51.5 Å². The summed E-state index contributed by atoms with van der Waals surface area (Å²) in [5, 5.41) is 11.7. The largest absolute Gasteiger partial charge is 0.379 e. The van der Waals surface area contributed by atoms with Gasteiger partial charge in [-0.2, -0.15) is 4.31 Å². The van der Waals surface area contributed by atoms with Gasteiger partial charge in [0, 0.05) is 51.4 Å². The average molecular weight is 475 g/mol. The van der Waals surface area contributed by atoms with Crippen LogP contribution in [-0.4, -0.2) is 101 Å². The highest BCUT2D eigenvalue weighted by molar-refractivity contribution is 7.91. The molecule has 1 aromatic rings. The number of nitro benzene ring substituents is 1. The first-order chi connectivity index (χ1) is 14.7. The fourth-order valence-electron chi connectivity index (χ4n) is 4.40. The third kappa shape index (κ3) is 4.70. The van der Waals surface area contributed by atoms with Crippen LogP contribution in [0.2, 0.25) is 0 Å². The van der Waals surface area contributed by atoms with Crippen LogP contribution in [0.4, 0.5) is 11.4 Å². The first-order valence-electron chi connectivity index (χ1n) is 10.2. The van der Waals surface area contributed by atoms with Crippen LogP contribution in [0, 0.1) is 10.1 Å². The standard InChI is InChI=1S/C18H26N4O7S2/c23-22(24)18-13-16(31(27,28)21-8-10-29-11-9-21)1-2-17(18)20-6-4-19(5-7-20)15-3-12-30(25,26)14-15/h1-2,13,15H,3-12,14H2. The second-order valence-corrected chi connectivity index (χ2v) is 12.2. The van der Waals surface area contributed by atoms with Gasteiger partial charge in [-0.1, -0.05) is 0 Å². The third-order valence-electron chi connectivity index (χ3n) is 6.13. The highest BCUT2D eigenvalue weighted by atomic mass is 32.2. The molecule has 3 aliphatic heterocycles. The minimum atomic E-state index is -3.83. The molecule has 3 aliphatic rings. The molecule has 1 unspecified atom stereocenters. The molecule has 11 nitrogen and oxygen atoms in total. The smallest absolute Gasteiger partial charge is 0.293 e.